The minimum atomic E-state index is -0.494. The van der Waals surface area contributed by atoms with Crippen LogP contribution in [-0.4, -0.2) is 31.6 Å². The maximum Gasteiger partial charge on any atom is 0.286 e. The van der Waals surface area contributed by atoms with Crippen LogP contribution in [0.2, 0.25) is 0 Å². The lowest BCUT2D eigenvalue weighted by atomic mass is 10.1. The molecule has 0 unspecified atom stereocenters. The van der Waals surface area contributed by atoms with Gasteiger partial charge in [0.2, 0.25) is 0 Å². The molecule has 0 radical (unpaired) electrons. The molecule has 0 atom stereocenters. The second kappa shape index (κ2) is 7.30. The van der Waals surface area contributed by atoms with Crippen molar-refractivity contribution in [1.29, 1.82) is 0 Å². The highest BCUT2D eigenvalue weighted by atomic mass is 16.6. The zero-order valence-corrected chi connectivity index (χ0v) is 12.7. The Morgan fingerprint density at radius 3 is 2.57 bits per heavy atom. The third kappa shape index (κ3) is 3.79. The summed E-state index contributed by atoms with van der Waals surface area (Å²) >= 11 is 0. The van der Waals surface area contributed by atoms with Crippen LogP contribution >= 0.6 is 0 Å². The zero-order valence-electron chi connectivity index (χ0n) is 12.7. The summed E-state index contributed by atoms with van der Waals surface area (Å²) in [6.45, 7) is 0.218. The lowest BCUT2D eigenvalue weighted by Crippen LogP contribution is -2.25. The van der Waals surface area contributed by atoms with Gasteiger partial charge in [-0.25, -0.2) is 0 Å². The summed E-state index contributed by atoms with van der Waals surface area (Å²) < 4.78 is 15.2. The number of hydrogen-bond donors (Lipinski definition) is 1. The topological polar surface area (TPSA) is 104 Å². The first kappa shape index (κ1) is 16.3. The van der Waals surface area contributed by atoms with E-state index in [1.807, 2.05) is 0 Å². The summed E-state index contributed by atoms with van der Waals surface area (Å²) in [5, 5.41) is 13.8. The first-order chi connectivity index (χ1) is 11.1. The molecule has 2 rings (SSSR count). The molecule has 0 fully saturated rings. The SMILES string of the molecule is COc1cc(CCNC(=O)c2ccco2)c([N+](=O)[O-])cc1OC. The van der Waals surface area contributed by atoms with Crippen LogP contribution in [0.5, 0.6) is 11.5 Å². The molecule has 0 aliphatic heterocycles. The van der Waals surface area contributed by atoms with E-state index in [9.17, 15) is 14.9 Å². The molecular formula is C15H16N2O6. The number of nitrogens with one attached hydrogen (secondary N) is 1. The van der Waals surface area contributed by atoms with Gasteiger partial charge in [-0.2, -0.15) is 0 Å². The van der Waals surface area contributed by atoms with Gasteiger partial charge in [0.25, 0.3) is 11.6 Å². The van der Waals surface area contributed by atoms with Crippen molar-refractivity contribution in [3.63, 3.8) is 0 Å². The standard InChI is InChI=1S/C15H16N2O6/c1-21-13-8-10(11(17(19)20)9-14(13)22-2)5-6-16-15(18)12-4-3-7-23-12/h3-4,7-9H,5-6H2,1-2H3,(H,16,18). The quantitative estimate of drug-likeness (QED) is 0.619. The third-order valence-corrected chi connectivity index (χ3v) is 3.21. The van der Waals surface area contributed by atoms with Gasteiger partial charge in [0.05, 0.1) is 31.5 Å². The first-order valence-corrected chi connectivity index (χ1v) is 6.77. The van der Waals surface area contributed by atoms with E-state index in [2.05, 4.69) is 5.32 Å². The number of rotatable bonds is 7. The highest BCUT2D eigenvalue weighted by Gasteiger charge is 2.19. The van der Waals surface area contributed by atoms with Gasteiger partial charge in [-0.1, -0.05) is 0 Å². The molecule has 0 spiro atoms. The number of hydrogen-bond acceptors (Lipinski definition) is 6. The summed E-state index contributed by atoms with van der Waals surface area (Å²) in [6, 6.07) is 5.99. The Balaban J connectivity index is 2.11. The van der Waals surface area contributed by atoms with E-state index in [-0.39, 0.29) is 36.1 Å². The van der Waals surface area contributed by atoms with E-state index < -0.39 is 4.92 Å². The van der Waals surface area contributed by atoms with Gasteiger partial charge in [-0.05, 0) is 24.6 Å². The predicted octanol–water partition coefficient (Wildman–Crippen LogP) is 2.18. The lowest BCUT2D eigenvalue weighted by Gasteiger charge is -2.10. The van der Waals surface area contributed by atoms with Crippen molar-refractivity contribution in [2.75, 3.05) is 20.8 Å². The van der Waals surface area contributed by atoms with Crippen molar-refractivity contribution >= 4 is 11.6 Å². The van der Waals surface area contributed by atoms with Gasteiger partial charge in [0, 0.05) is 12.1 Å². The molecule has 8 heteroatoms. The smallest absolute Gasteiger partial charge is 0.286 e. The molecule has 23 heavy (non-hydrogen) atoms. The second-order valence-electron chi connectivity index (χ2n) is 4.58. The summed E-state index contributed by atoms with van der Waals surface area (Å²) in [7, 11) is 2.86. The molecule has 0 saturated heterocycles. The monoisotopic (exact) mass is 320 g/mol. The molecule has 122 valence electrons. The van der Waals surface area contributed by atoms with Crippen LogP contribution in [0.4, 0.5) is 5.69 Å². The predicted molar refractivity (Wildman–Crippen MR) is 80.9 cm³/mol. The Morgan fingerprint density at radius 2 is 2.00 bits per heavy atom. The number of furan rings is 1. The number of nitrogens with zero attached hydrogens (tertiary/aromatic N) is 1. The maximum absolute atomic E-state index is 11.8. The van der Waals surface area contributed by atoms with Crippen LogP contribution in [-0.2, 0) is 6.42 Å². The Kier molecular flexibility index (Phi) is 5.19. The van der Waals surface area contributed by atoms with Crippen molar-refractivity contribution in [3.05, 3.63) is 52.0 Å². The number of carbonyl (C=O) groups excluding carboxylic acids is 1. The summed E-state index contributed by atoms with van der Waals surface area (Å²) in [4.78, 5) is 22.4. The number of benzene rings is 1. The average Bonchev–Trinajstić information content (AvgIpc) is 3.08. The molecule has 1 aromatic carbocycles. The van der Waals surface area contributed by atoms with Crippen LogP contribution < -0.4 is 14.8 Å². The fraction of sp³-hybridized carbons (Fsp3) is 0.267. The van der Waals surface area contributed by atoms with Crippen molar-refractivity contribution in [3.8, 4) is 11.5 Å². The van der Waals surface area contributed by atoms with E-state index in [1.54, 1.807) is 6.07 Å². The van der Waals surface area contributed by atoms with E-state index in [4.69, 9.17) is 13.9 Å². The van der Waals surface area contributed by atoms with Gasteiger partial charge in [0.1, 0.15) is 0 Å². The molecule has 0 bridgehead atoms. The zero-order chi connectivity index (χ0) is 16.8. The molecule has 1 heterocycles. The van der Waals surface area contributed by atoms with Crippen molar-refractivity contribution in [2.45, 2.75) is 6.42 Å². The van der Waals surface area contributed by atoms with Crippen molar-refractivity contribution in [1.82, 2.24) is 5.32 Å². The lowest BCUT2D eigenvalue weighted by molar-refractivity contribution is -0.385. The molecule has 1 N–H and O–H groups in total. The minimum Gasteiger partial charge on any atom is -0.493 e. The van der Waals surface area contributed by atoms with E-state index in [0.29, 0.717) is 11.3 Å². The number of ether oxygens (including phenoxy) is 2. The normalized spacial score (nSPS) is 10.2. The van der Waals surface area contributed by atoms with Crippen LogP contribution in [0.1, 0.15) is 16.1 Å². The summed E-state index contributed by atoms with van der Waals surface area (Å²) in [6.07, 6.45) is 1.66. The number of nitro groups is 1. The Hall–Kier alpha value is -3.03. The number of methoxy groups -OCH3 is 2. The summed E-state index contributed by atoms with van der Waals surface area (Å²) in [5.41, 5.74) is 0.349. The average molecular weight is 320 g/mol. The highest BCUT2D eigenvalue weighted by Crippen LogP contribution is 2.34. The van der Waals surface area contributed by atoms with E-state index in [1.165, 1.54) is 38.7 Å². The van der Waals surface area contributed by atoms with Gasteiger partial charge in [-0.15, -0.1) is 0 Å². The molecule has 0 aliphatic rings. The third-order valence-electron chi connectivity index (χ3n) is 3.21. The maximum atomic E-state index is 11.8. The van der Waals surface area contributed by atoms with Gasteiger partial charge >= 0.3 is 0 Å². The molecule has 1 aromatic heterocycles. The first-order valence-electron chi connectivity index (χ1n) is 6.77. The highest BCUT2D eigenvalue weighted by molar-refractivity contribution is 5.91. The van der Waals surface area contributed by atoms with Crippen LogP contribution in [0.25, 0.3) is 0 Å². The number of nitro benzene ring substituents is 1. The molecular weight excluding hydrogens is 304 g/mol. The molecule has 8 nitrogen and oxygen atoms in total. The molecule has 1 amide bonds. The number of amides is 1. The van der Waals surface area contributed by atoms with Crippen LogP contribution in [0.3, 0.4) is 0 Å². The van der Waals surface area contributed by atoms with Crippen LogP contribution in [0, 0.1) is 10.1 Å². The fourth-order valence-corrected chi connectivity index (χ4v) is 2.09. The minimum absolute atomic E-state index is 0.0881. The van der Waals surface area contributed by atoms with Gasteiger partial charge in [0.15, 0.2) is 17.3 Å². The molecule has 2 aromatic rings. The van der Waals surface area contributed by atoms with E-state index in [0.717, 1.165) is 0 Å². The fourth-order valence-electron chi connectivity index (χ4n) is 2.09. The van der Waals surface area contributed by atoms with Crippen LogP contribution in [0.15, 0.2) is 34.9 Å². The largest absolute Gasteiger partial charge is 0.493 e. The Labute approximate surface area is 132 Å². The van der Waals surface area contributed by atoms with E-state index >= 15 is 0 Å². The summed E-state index contributed by atoms with van der Waals surface area (Å²) in [5.74, 6) is 0.484. The molecule has 0 aliphatic carbocycles. The van der Waals surface area contributed by atoms with Gasteiger partial charge in [-0.3, -0.25) is 14.9 Å². The second-order valence-corrected chi connectivity index (χ2v) is 4.58. The Morgan fingerprint density at radius 1 is 1.30 bits per heavy atom. The Bertz CT molecular complexity index is 696. The van der Waals surface area contributed by atoms with Crippen molar-refractivity contribution in [2.24, 2.45) is 0 Å². The molecule has 0 saturated carbocycles. The van der Waals surface area contributed by atoms with Crippen molar-refractivity contribution < 1.29 is 23.6 Å². The number of carbonyl (C=O) groups is 1. The van der Waals surface area contributed by atoms with Gasteiger partial charge < -0.3 is 19.2 Å².